The lowest BCUT2D eigenvalue weighted by molar-refractivity contribution is 0.167. The Morgan fingerprint density at radius 3 is 2.67 bits per heavy atom. The summed E-state index contributed by atoms with van der Waals surface area (Å²) in [6, 6.07) is 5.45. The molecule has 1 atom stereocenters. The van der Waals surface area contributed by atoms with Gasteiger partial charge in [-0.3, -0.25) is 0 Å². The van der Waals surface area contributed by atoms with Gasteiger partial charge in [-0.1, -0.05) is 40.5 Å². The van der Waals surface area contributed by atoms with Crippen molar-refractivity contribution in [2.24, 2.45) is 5.73 Å². The zero-order valence-corrected chi connectivity index (χ0v) is 10.9. The third-order valence-electron chi connectivity index (χ3n) is 2.52. The van der Waals surface area contributed by atoms with Gasteiger partial charge in [0, 0.05) is 22.5 Å². The average molecular weight is 295 g/mol. The summed E-state index contributed by atoms with van der Waals surface area (Å²) in [7, 11) is 0. The molecule has 0 saturated carbocycles. The van der Waals surface area contributed by atoms with E-state index in [1.807, 2.05) is 12.1 Å². The van der Waals surface area contributed by atoms with Crippen LogP contribution in [0, 0.1) is 0 Å². The second-order valence-corrected chi connectivity index (χ2v) is 4.94. The van der Waals surface area contributed by atoms with Crippen LogP contribution in [0.4, 0.5) is 4.39 Å². The molecule has 1 unspecified atom stereocenters. The van der Waals surface area contributed by atoms with E-state index in [9.17, 15) is 4.39 Å². The maximum atomic E-state index is 14.0. The molecule has 84 valence electrons. The van der Waals surface area contributed by atoms with E-state index < -0.39 is 5.67 Å². The Hall–Kier alpha value is -0.120. The van der Waals surface area contributed by atoms with E-state index in [0.717, 1.165) is 10.0 Å². The molecular formula is C11H14BrClFN. The summed E-state index contributed by atoms with van der Waals surface area (Å²) < 4.78 is 14.9. The van der Waals surface area contributed by atoms with Crippen LogP contribution in [-0.4, -0.2) is 12.2 Å². The van der Waals surface area contributed by atoms with Crippen LogP contribution in [-0.2, 0) is 6.42 Å². The molecule has 1 aromatic carbocycles. The van der Waals surface area contributed by atoms with Crippen LogP contribution in [0.3, 0.4) is 0 Å². The lowest BCUT2D eigenvalue weighted by atomic mass is 9.94. The van der Waals surface area contributed by atoms with Crippen LogP contribution in [0.1, 0.15) is 18.9 Å². The number of hydrogen-bond donors (Lipinski definition) is 1. The minimum atomic E-state index is -1.35. The van der Waals surface area contributed by atoms with Crippen molar-refractivity contribution in [3.05, 3.63) is 33.3 Å². The Kier molecular flexibility index (Phi) is 4.56. The molecule has 0 aliphatic rings. The molecule has 1 nitrogen and oxygen atoms in total. The molecular weight excluding hydrogens is 280 g/mol. The summed E-state index contributed by atoms with van der Waals surface area (Å²) in [5, 5.41) is 0.577. The first-order valence-electron chi connectivity index (χ1n) is 4.83. The Balaban J connectivity index is 2.89. The Morgan fingerprint density at radius 1 is 1.53 bits per heavy atom. The molecule has 15 heavy (non-hydrogen) atoms. The number of hydrogen-bond acceptors (Lipinski definition) is 1. The highest BCUT2D eigenvalue weighted by Gasteiger charge is 2.26. The Morgan fingerprint density at radius 2 is 2.20 bits per heavy atom. The minimum Gasteiger partial charge on any atom is -0.328 e. The van der Waals surface area contributed by atoms with Gasteiger partial charge in [-0.25, -0.2) is 4.39 Å². The molecule has 2 N–H and O–H groups in total. The van der Waals surface area contributed by atoms with E-state index in [1.54, 1.807) is 13.0 Å². The topological polar surface area (TPSA) is 26.0 Å². The van der Waals surface area contributed by atoms with Crippen LogP contribution in [0.25, 0.3) is 0 Å². The minimum absolute atomic E-state index is 0.0237. The lowest BCUT2D eigenvalue weighted by Gasteiger charge is -2.22. The standard InChI is InChI=1S/C11H14BrClFN/c1-2-11(14,7-15)6-8-3-4-9(12)5-10(8)13/h3-5H,2,6-7,15H2,1H3. The van der Waals surface area contributed by atoms with E-state index in [4.69, 9.17) is 17.3 Å². The molecule has 0 bridgehead atoms. The number of halogens is 3. The maximum absolute atomic E-state index is 14.0. The van der Waals surface area contributed by atoms with Crippen molar-refractivity contribution >= 4 is 27.5 Å². The molecule has 1 rings (SSSR count). The Bertz CT molecular complexity index is 339. The molecule has 0 heterocycles. The predicted molar refractivity (Wildman–Crippen MR) is 66.0 cm³/mol. The summed E-state index contributed by atoms with van der Waals surface area (Å²) in [5.41, 5.74) is 4.87. The van der Waals surface area contributed by atoms with Crippen LogP contribution < -0.4 is 5.73 Å². The molecule has 0 aliphatic carbocycles. The van der Waals surface area contributed by atoms with E-state index >= 15 is 0 Å². The smallest absolute Gasteiger partial charge is 0.127 e. The summed E-state index contributed by atoms with van der Waals surface area (Å²) in [6.07, 6.45) is 0.669. The molecule has 4 heteroatoms. The highest BCUT2D eigenvalue weighted by atomic mass is 79.9. The van der Waals surface area contributed by atoms with Crippen molar-refractivity contribution in [2.75, 3.05) is 6.54 Å². The third kappa shape index (κ3) is 3.44. The van der Waals surface area contributed by atoms with Gasteiger partial charge in [-0.2, -0.15) is 0 Å². The zero-order valence-electron chi connectivity index (χ0n) is 8.56. The Labute approximate surface area is 103 Å². The van der Waals surface area contributed by atoms with E-state index in [0.29, 0.717) is 11.4 Å². The van der Waals surface area contributed by atoms with E-state index in [1.165, 1.54) is 0 Å². The van der Waals surface area contributed by atoms with Crippen molar-refractivity contribution in [2.45, 2.75) is 25.4 Å². The quantitative estimate of drug-likeness (QED) is 0.900. The second kappa shape index (κ2) is 5.28. The summed E-state index contributed by atoms with van der Waals surface area (Å²) in [5.74, 6) is 0. The van der Waals surface area contributed by atoms with Gasteiger partial charge in [-0.05, 0) is 24.1 Å². The van der Waals surface area contributed by atoms with E-state index in [2.05, 4.69) is 15.9 Å². The van der Waals surface area contributed by atoms with Gasteiger partial charge < -0.3 is 5.73 Å². The molecule has 0 saturated heterocycles. The van der Waals surface area contributed by atoms with Crippen LogP contribution in [0.5, 0.6) is 0 Å². The predicted octanol–water partition coefficient (Wildman–Crippen LogP) is 3.72. The van der Waals surface area contributed by atoms with Crippen LogP contribution in [0.15, 0.2) is 22.7 Å². The van der Waals surface area contributed by atoms with Crippen molar-refractivity contribution < 1.29 is 4.39 Å². The fourth-order valence-electron chi connectivity index (χ4n) is 1.35. The number of nitrogens with two attached hydrogens (primary N) is 1. The number of rotatable bonds is 4. The van der Waals surface area contributed by atoms with Crippen molar-refractivity contribution in [1.29, 1.82) is 0 Å². The van der Waals surface area contributed by atoms with Gasteiger partial charge in [-0.15, -0.1) is 0 Å². The molecule has 0 aliphatic heterocycles. The van der Waals surface area contributed by atoms with Crippen molar-refractivity contribution in [1.82, 2.24) is 0 Å². The normalized spacial score (nSPS) is 15.0. The molecule has 0 spiro atoms. The van der Waals surface area contributed by atoms with Crippen molar-refractivity contribution in [3.8, 4) is 0 Å². The van der Waals surface area contributed by atoms with Gasteiger partial charge in [0.15, 0.2) is 0 Å². The molecule has 0 amide bonds. The fourth-order valence-corrected chi connectivity index (χ4v) is 2.09. The van der Waals surface area contributed by atoms with Gasteiger partial charge in [0.05, 0.1) is 0 Å². The monoisotopic (exact) mass is 293 g/mol. The van der Waals surface area contributed by atoms with Crippen molar-refractivity contribution in [3.63, 3.8) is 0 Å². The SMILES string of the molecule is CCC(F)(CN)Cc1ccc(Br)cc1Cl. The largest absolute Gasteiger partial charge is 0.328 e. The van der Waals surface area contributed by atoms with Crippen LogP contribution in [0.2, 0.25) is 5.02 Å². The first kappa shape index (κ1) is 12.9. The highest BCUT2D eigenvalue weighted by molar-refractivity contribution is 9.10. The second-order valence-electron chi connectivity index (χ2n) is 3.62. The van der Waals surface area contributed by atoms with E-state index in [-0.39, 0.29) is 13.0 Å². The van der Waals surface area contributed by atoms with Crippen LogP contribution >= 0.6 is 27.5 Å². The maximum Gasteiger partial charge on any atom is 0.127 e. The first-order valence-corrected chi connectivity index (χ1v) is 6.01. The summed E-state index contributed by atoms with van der Waals surface area (Å²) >= 11 is 9.32. The lowest BCUT2D eigenvalue weighted by Crippen LogP contribution is -2.34. The fraction of sp³-hybridized carbons (Fsp3) is 0.455. The molecule has 0 aromatic heterocycles. The molecule has 0 fully saturated rings. The summed E-state index contributed by atoms with van der Waals surface area (Å²) in [6.45, 7) is 1.81. The average Bonchev–Trinajstić information content (AvgIpc) is 2.22. The zero-order chi connectivity index (χ0) is 11.5. The summed E-state index contributed by atoms with van der Waals surface area (Å²) in [4.78, 5) is 0. The number of benzene rings is 1. The van der Waals surface area contributed by atoms with Gasteiger partial charge in [0.2, 0.25) is 0 Å². The first-order chi connectivity index (χ1) is 7.00. The van der Waals surface area contributed by atoms with Gasteiger partial charge in [0.1, 0.15) is 5.67 Å². The number of alkyl halides is 1. The third-order valence-corrected chi connectivity index (χ3v) is 3.37. The van der Waals surface area contributed by atoms with Gasteiger partial charge in [0.25, 0.3) is 0 Å². The highest BCUT2D eigenvalue weighted by Crippen LogP contribution is 2.27. The van der Waals surface area contributed by atoms with Gasteiger partial charge >= 0.3 is 0 Å². The molecule has 0 radical (unpaired) electrons. The molecule has 1 aromatic rings.